The molecule has 0 aliphatic rings. The first-order valence-corrected chi connectivity index (χ1v) is 11.0. The Balaban J connectivity index is 1.94. The van der Waals surface area contributed by atoms with Crippen molar-refractivity contribution >= 4 is 0 Å². The van der Waals surface area contributed by atoms with Crippen LogP contribution in [0.15, 0.2) is 76.3 Å². The molecule has 4 aromatic rings. The Kier molecular flexibility index (Phi) is 6.91. The van der Waals surface area contributed by atoms with Crippen molar-refractivity contribution in [1.82, 2.24) is 9.13 Å². The van der Waals surface area contributed by atoms with E-state index in [-0.39, 0.29) is 34.7 Å². The first-order valence-electron chi connectivity index (χ1n) is 11.0. The lowest BCUT2D eigenvalue weighted by molar-refractivity contribution is 0.387. The van der Waals surface area contributed by atoms with E-state index in [0.29, 0.717) is 6.42 Å². The van der Waals surface area contributed by atoms with E-state index < -0.39 is 35.2 Å². The van der Waals surface area contributed by atoms with Crippen LogP contribution in [0.2, 0.25) is 0 Å². The number of hydrogen-bond acceptors (Lipinski definition) is 3. The molecule has 8 heteroatoms. The van der Waals surface area contributed by atoms with Crippen molar-refractivity contribution < 1.29 is 17.9 Å². The molecule has 0 amide bonds. The molecule has 0 radical (unpaired) electrons. The fourth-order valence-electron chi connectivity index (χ4n) is 4.08. The molecule has 0 unspecified atom stereocenters. The molecule has 4 rings (SSSR count). The Morgan fingerprint density at radius 3 is 2.14 bits per heavy atom. The van der Waals surface area contributed by atoms with E-state index in [9.17, 15) is 18.4 Å². The number of aryl methyl sites for hydroxylation is 1. The highest BCUT2D eigenvalue weighted by molar-refractivity contribution is 5.67. The van der Waals surface area contributed by atoms with Gasteiger partial charge in [0.15, 0.2) is 11.6 Å². The van der Waals surface area contributed by atoms with Gasteiger partial charge in [0.1, 0.15) is 11.6 Å². The summed E-state index contributed by atoms with van der Waals surface area (Å²) in [5.41, 5.74) is -0.929. The number of nitrogens with zero attached hydrogens (tertiary/aromatic N) is 2. The fraction of sp³-hybridized carbons (Fsp3) is 0.185. The van der Waals surface area contributed by atoms with Crippen LogP contribution in [-0.2, 0) is 19.5 Å². The third kappa shape index (κ3) is 4.64. The summed E-state index contributed by atoms with van der Waals surface area (Å²) in [4.78, 5) is 26.9. The maximum Gasteiger partial charge on any atom is 0.331 e. The molecule has 1 heterocycles. The van der Waals surface area contributed by atoms with E-state index in [1.54, 1.807) is 0 Å². The van der Waals surface area contributed by atoms with Crippen LogP contribution in [0.5, 0.6) is 5.75 Å². The second-order valence-electron chi connectivity index (χ2n) is 8.04. The van der Waals surface area contributed by atoms with Gasteiger partial charge in [-0.25, -0.2) is 18.0 Å². The zero-order chi connectivity index (χ0) is 25.1. The molecular weight excluding hydrogens is 457 g/mol. The standard InChI is InChI=1S/C27H23F3N2O3/c1-17-24(19-10-6-13-23(35-2)25(19)30)26(33)31(15-14-18-8-4-3-5-9-18)27(34)32(17)16-20-21(28)11-7-12-22(20)29/h3-13H,14-16H2,1-2H3. The van der Waals surface area contributed by atoms with Crippen LogP contribution < -0.4 is 16.0 Å². The van der Waals surface area contributed by atoms with Crippen LogP contribution in [0.25, 0.3) is 11.1 Å². The molecule has 0 aliphatic carbocycles. The molecule has 0 spiro atoms. The van der Waals surface area contributed by atoms with Gasteiger partial charge in [-0.2, -0.15) is 0 Å². The van der Waals surface area contributed by atoms with Gasteiger partial charge in [0, 0.05) is 23.4 Å². The molecule has 3 aromatic carbocycles. The molecule has 35 heavy (non-hydrogen) atoms. The summed E-state index contributed by atoms with van der Waals surface area (Å²) in [6.45, 7) is 0.991. The van der Waals surface area contributed by atoms with Gasteiger partial charge in [-0.05, 0) is 37.1 Å². The molecule has 0 saturated carbocycles. The number of methoxy groups -OCH3 is 1. The molecule has 0 saturated heterocycles. The molecular formula is C27H23F3N2O3. The van der Waals surface area contributed by atoms with Gasteiger partial charge in [-0.3, -0.25) is 13.9 Å². The van der Waals surface area contributed by atoms with Crippen LogP contribution in [0.3, 0.4) is 0 Å². The fourth-order valence-corrected chi connectivity index (χ4v) is 4.08. The van der Waals surface area contributed by atoms with Gasteiger partial charge >= 0.3 is 5.69 Å². The molecule has 0 N–H and O–H groups in total. The lowest BCUT2D eigenvalue weighted by Crippen LogP contribution is -2.43. The average Bonchev–Trinajstić information content (AvgIpc) is 2.85. The topological polar surface area (TPSA) is 53.2 Å². The Hall–Kier alpha value is -4.07. The second kappa shape index (κ2) is 10.0. The van der Waals surface area contributed by atoms with E-state index in [2.05, 4.69) is 0 Å². The number of halogens is 3. The summed E-state index contributed by atoms with van der Waals surface area (Å²) < 4.78 is 51.2. The number of ether oxygens (including phenoxy) is 1. The summed E-state index contributed by atoms with van der Waals surface area (Å²) in [5, 5.41) is 0. The smallest absolute Gasteiger partial charge is 0.331 e. The van der Waals surface area contributed by atoms with E-state index in [0.717, 1.165) is 26.8 Å². The number of aromatic nitrogens is 2. The zero-order valence-corrected chi connectivity index (χ0v) is 19.2. The number of hydrogen-bond donors (Lipinski definition) is 0. The molecule has 0 bridgehead atoms. The van der Waals surface area contributed by atoms with Crippen LogP contribution in [-0.4, -0.2) is 16.2 Å². The zero-order valence-electron chi connectivity index (χ0n) is 19.2. The highest BCUT2D eigenvalue weighted by Crippen LogP contribution is 2.29. The third-order valence-electron chi connectivity index (χ3n) is 5.98. The number of rotatable bonds is 7. The molecule has 0 aliphatic heterocycles. The number of benzene rings is 3. The minimum atomic E-state index is -0.826. The summed E-state index contributed by atoms with van der Waals surface area (Å²) in [6.07, 6.45) is 0.354. The molecule has 0 atom stereocenters. The van der Waals surface area contributed by atoms with E-state index in [1.165, 1.54) is 38.3 Å². The Bertz CT molecular complexity index is 1470. The van der Waals surface area contributed by atoms with E-state index in [1.807, 2.05) is 30.3 Å². The van der Waals surface area contributed by atoms with Crippen molar-refractivity contribution in [1.29, 1.82) is 0 Å². The monoisotopic (exact) mass is 480 g/mol. The van der Waals surface area contributed by atoms with E-state index in [4.69, 9.17) is 4.74 Å². The first kappa shape index (κ1) is 24.1. The minimum Gasteiger partial charge on any atom is -0.494 e. The highest BCUT2D eigenvalue weighted by Gasteiger charge is 2.23. The lowest BCUT2D eigenvalue weighted by atomic mass is 10.0. The first-order chi connectivity index (χ1) is 16.8. The van der Waals surface area contributed by atoms with Gasteiger partial charge < -0.3 is 4.74 Å². The maximum absolute atomic E-state index is 15.2. The maximum atomic E-state index is 15.2. The van der Waals surface area contributed by atoms with Gasteiger partial charge in [-0.1, -0.05) is 48.5 Å². The second-order valence-corrected chi connectivity index (χ2v) is 8.04. The third-order valence-corrected chi connectivity index (χ3v) is 5.98. The van der Waals surface area contributed by atoms with E-state index >= 15 is 4.39 Å². The summed E-state index contributed by atoms with van der Waals surface area (Å²) in [5.74, 6) is -2.50. The van der Waals surface area contributed by atoms with Gasteiger partial charge in [-0.15, -0.1) is 0 Å². The Morgan fingerprint density at radius 2 is 1.49 bits per heavy atom. The predicted molar refractivity (Wildman–Crippen MR) is 127 cm³/mol. The summed E-state index contributed by atoms with van der Waals surface area (Å²) in [7, 11) is 1.30. The SMILES string of the molecule is COc1cccc(-c2c(C)n(Cc3c(F)cccc3F)c(=O)n(CCc3ccccc3)c2=O)c1F. The van der Waals surface area contributed by atoms with Gasteiger partial charge in [0.2, 0.25) is 0 Å². The van der Waals surface area contributed by atoms with Crippen LogP contribution >= 0.6 is 0 Å². The quantitative estimate of drug-likeness (QED) is 0.385. The van der Waals surface area contributed by atoms with Gasteiger partial charge in [0.25, 0.3) is 5.56 Å². The Morgan fingerprint density at radius 1 is 0.829 bits per heavy atom. The van der Waals surface area contributed by atoms with Crippen molar-refractivity contribution in [2.75, 3.05) is 7.11 Å². The largest absolute Gasteiger partial charge is 0.494 e. The average molecular weight is 480 g/mol. The predicted octanol–water partition coefficient (Wildman–Crippen LogP) is 4.70. The molecule has 180 valence electrons. The summed E-state index contributed by atoms with van der Waals surface area (Å²) in [6, 6.07) is 17.0. The van der Waals surface area contributed by atoms with Crippen LogP contribution in [0.1, 0.15) is 16.8 Å². The molecule has 5 nitrogen and oxygen atoms in total. The van der Waals surface area contributed by atoms with Gasteiger partial charge in [0.05, 0.1) is 19.2 Å². The van der Waals surface area contributed by atoms with Crippen LogP contribution in [0, 0.1) is 24.4 Å². The molecule has 1 aromatic heterocycles. The lowest BCUT2D eigenvalue weighted by Gasteiger charge is -2.19. The van der Waals surface area contributed by atoms with Crippen molar-refractivity contribution in [3.05, 3.63) is 122 Å². The van der Waals surface area contributed by atoms with Crippen LogP contribution in [0.4, 0.5) is 13.2 Å². The van der Waals surface area contributed by atoms with Crippen molar-refractivity contribution in [2.24, 2.45) is 0 Å². The Labute approximate surface area is 199 Å². The highest BCUT2D eigenvalue weighted by atomic mass is 19.1. The molecule has 0 fully saturated rings. The van der Waals surface area contributed by atoms with Crippen molar-refractivity contribution in [3.8, 4) is 16.9 Å². The minimum absolute atomic E-state index is 0.000299. The van der Waals surface area contributed by atoms with Crippen molar-refractivity contribution in [2.45, 2.75) is 26.4 Å². The summed E-state index contributed by atoms with van der Waals surface area (Å²) >= 11 is 0. The normalized spacial score (nSPS) is 11.0. The van der Waals surface area contributed by atoms with Crippen molar-refractivity contribution in [3.63, 3.8) is 0 Å².